The van der Waals surface area contributed by atoms with Crippen molar-refractivity contribution in [3.63, 3.8) is 0 Å². The molecule has 9 heavy (non-hydrogen) atoms. The van der Waals surface area contributed by atoms with E-state index in [1.807, 2.05) is 13.1 Å². The molecular formula is C6H10N2O. The maximum Gasteiger partial charge on any atom is 0.190 e. The van der Waals surface area contributed by atoms with Gasteiger partial charge < -0.3 is 4.74 Å². The van der Waals surface area contributed by atoms with Crippen LogP contribution < -0.4 is 0 Å². The third-order valence-electron chi connectivity index (χ3n) is 1.15. The highest BCUT2D eigenvalue weighted by Crippen LogP contribution is 2.00. The lowest BCUT2D eigenvalue weighted by molar-refractivity contribution is 0.390. The predicted octanol–water partition coefficient (Wildman–Crippen LogP) is 0.852. The van der Waals surface area contributed by atoms with Crippen molar-refractivity contribution in [2.75, 3.05) is 7.11 Å². The lowest BCUT2D eigenvalue weighted by Crippen LogP contribution is -2.11. The van der Waals surface area contributed by atoms with Crippen LogP contribution in [0.25, 0.3) is 0 Å². The highest BCUT2D eigenvalue weighted by molar-refractivity contribution is 5.91. The van der Waals surface area contributed by atoms with Gasteiger partial charge in [0.25, 0.3) is 0 Å². The summed E-state index contributed by atoms with van der Waals surface area (Å²) in [7, 11) is 1.63. The molecule has 0 spiro atoms. The fourth-order valence-corrected chi connectivity index (χ4v) is 0.714. The summed E-state index contributed by atoms with van der Waals surface area (Å²) in [5.41, 5.74) is 0. The van der Waals surface area contributed by atoms with Crippen LogP contribution in [0.5, 0.6) is 0 Å². The van der Waals surface area contributed by atoms with E-state index < -0.39 is 0 Å². The summed E-state index contributed by atoms with van der Waals surface area (Å²) in [6, 6.07) is 0. The summed E-state index contributed by atoms with van der Waals surface area (Å²) in [6.07, 6.45) is 2.62. The average Bonchev–Trinajstić information content (AvgIpc) is 1.88. The predicted molar refractivity (Wildman–Crippen MR) is 37.0 cm³/mol. The third kappa shape index (κ3) is 1.52. The molecule has 0 saturated carbocycles. The highest BCUT2D eigenvalue weighted by Gasteiger charge is 2.04. The van der Waals surface area contributed by atoms with Crippen LogP contribution in [0.3, 0.4) is 0 Å². The average molecular weight is 126 g/mol. The summed E-state index contributed by atoms with van der Waals surface area (Å²) in [4.78, 5) is 8.13. The number of nitrogens with zero attached hydrogens (tertiary/aromatic N) is 2. The Hall–Kier alpha value is -0.860. The molecule has 0 radical (unpaired) electrons. The number of methoxy groups -OCH3 is 1. The SMILES string of the molecule is COC1=NC(C)N=CC1. The molecule has 0 aliphatic carbocycles. The van der Waals surface area contributed by atoms with Crippen LogP contribution in [0.1, 0.15) is 13.3 Å². The molecule has 0 aromatic rings. The Balaban J connectivity index is 2.55. The lowest BCUT2D eigenvalue weighted by Gasteiger charge is -2.08. The molecule has 1 atom stereocenters. The molecule has 1 aliphatic rings. The normalized spacial score (nSPS) is 25.6. The molecule has 0 fully saturated rings. The minimum absolute atomic E-state index is 0.0497. The fraction of sp³-hybridized carbons (Fsp3) is 0.667. The summed E-state index contributed by atoms with van der Waals surface area (Å²) in [5, 5.41) is 0. The Bertz CT molecular complexity index is 151. The van der Waals surface area contributed by atoms with Gasteiger partial charge in [-0.2, -0.15) is 0 Å². The number of hydrogen-bond acceptors (Lipinski definition) is 3. The van der Waals surface area contributed by atoms with E-state index in [2.05, 4.69) is 9.98 Å². The van der Waals surface area contributed by atoms with Crippen molar-refractivity contribution < 1.29 is 4.74 Å². The molecule has 1 aliphatic heterocycles. The smallest absolute Gasteiger partial charge is 0.190 e. The topological polar surface area (TPSA) is 34.0 Å². The lowest BCUT2D eigenvalue weighted by atomic mass is 10.4. The van der Waals surface area contributed by atoms with Crippen molar-refractivity contribution in [3.05, 3.63) is 0 Å². The molecule has 0 N–H and O–H groups in total. The van der Waals surface area contributed by atoms with Gasteiger partial charge in [0.1, 0.15) is 6.17 Å². The number of rotatable bonds is 0. The van der Waals surface area contributed by atoms with E-state index in [1.165, 1.54) is 0 Å². The monoisotopic (exact) mass is 126 g/mol. The molecule has 1 unspecified atom stereocenters. The quantitative estimate of drug-likeness (QED) is 0.473. The van der Waals surface area contributed by atoms with Crippen LogP contribution in [0, 0.1) is 0 Å². The first-order valence-electron chi connectivity index (χ1n) is 2.95. The zero-order chi connectivity index (χ0) is 6.69. The minimum Gasteiger partial charge on any atom is -0.484 e. The summed E-state index contributed by atoms with van der Waals surface area (Å²) >= 11 is 0. The van der Waals surface area contributed by atoms with Gasteiger partial charge in [-0.25, -0.2) is 4.99 Å². The number of hydrogen-bond donors (Lipinski definition) is 0. The molecular weight excluding hydrogens is 116 g/mol. The van der Waals surface area contributed by atoms with Crippen LogP contribution in [-0.4, -0.2) is 25.4 Å². The van der Waals surface area contributed by atoms with E-state index >= 15 is 0 Å². The second-order valence-electron chi connectivity index (χ2n) is 1.89. The molecule has 50 valence electrons. The molecule has 3 nitrogen and oxygen atoms in total. The van der Waals surface area contributed by atoms with Gasteiger partial charge in [0, 0.05) is 6.21 Å². The highest BCUT2D eigenvalue weighted by atomic mass is 16.5. The second kappa shape index (κ2) is 2.62. The first-order valence-corrected chi connectivity index (χ1v) is 2.95. The van der Waals surface area contributed by atoms with Gasteiger partial charge in [0.05, 0.1) is 13.5 Å². The van der Waals surface area contributed by atoms with Gasteiger partial charge in [-0.15, -0.1) is 0 Å². The van der Waals surface area contributed by atoms with Crippen LogP contribution in [-0.2, 0) is 4.74 Å². The van der Waals surface area contributed by atoms with Gasteiger partial charge in [0.15, 0.2) is 5.90 Å². The molecule has 0 amide bonds. The number of aliphatic imine (C=N–C) groups is 2. The van der Waals surface area contributed by atoms with E-state index in [0.29, 0.717) is 0 Å². The second-order valence-corrected chi connectivity index (χ2v) is 1.89. The molecule has 0 bridgehead atoms. The first kappa shape index (κ1) is 6.26. The third-order valence-corrected chi connectivity index (χ3v) is 1.15. The van der Waals surface area contributed by atoms with Crippen molar-refractivity contribution >= 4 is 12.1 Å². The van der Waals surface area contributed by atoms with Gasteiger partial charge in [0.2, 0.25) is 0 Å². The van der Waals surface area contributed by atoms with Crippen molar-refractivity contribution in [3.8, 4) is 0 Å². The summed E-state index contributed by atoms with van der Waals surface area (Å²) in [5.74, 6) is 0.775. The summed E-state index contributed by atoms with van der Waals surface area (Å²) < 4.78 is 4.92. The Morgan fingerprint density at radius 1 is 1.78 bits per heavy atom. The van der Waals surface area contributed by atoms with Crippen molar-refractivity contribution in [2.24, 2.45) is 9.98 Å². The van der Waals surface area contributed by atoms with Gasteiger partial charge >= 0.3 is 0 Å². The van der Waals surface area contributed by atoms with E-state index in [0.717, 1.165) is 12.3 Å². The standard InChI is InChI=1S/C6H10N2O/c1-5-7-4-3-6(8-5)9-2/h4-5H,3H2,1-2H3. The van der Waals surface area contributed by atoms with Crippen molar-refractivity contribution in [1.29, 1.82) is 0 Å². The molecule has 0 saturated heterocycles. The van der Waals surface area contributed by atoms with Gasteiger partial charge in [-0.05, 0) is 6.92 Å². The van der Waals surface area contributed by atoms with Crippen molar-refractivity contribution in [1.82, 2.24) is 0 Å². The molecule has 3 heteroatoms. The number of ether oxygens (including phenoxy) is 1. The molecule has 0 aromatic heterocycles. The Morgan fingerprint density at radius 2 is 2.56 bits per heavy atom. The Labute approximate surface area is 54.5 Å². The van der Waals surface area contributed by atoms with Gasteiger partial charge in [-0.1, -0.05) is 0 Å². The van der Waals surface area contributed by atoms with E-state index in [1.54, 1.807) is 7.11 Å². The zero-order valence-corrected chi connectivity index (χ0v) is 5.66. The molecule has 1 rings (SSSR count). The van der Waals surface area contributed by atoms with Crippen LogP contribution in [0.15, 0.2) is 9.98 Å². The van der Waals surface area contributed by atoms with Crippen LogP contribution >= 0.6 is 0 Å². The largest absolute Gasteiger partial charge is 0.484 e. The molecule has 1 heterocycles. The van der Waals surface area contributed by atoms with E-state index in [-0.39, 0.29) is 6.17 Å². The van der Waals surface area contributed by atoms with Crippen molar-refractivity contribution in [2.45, 2.75) is 19.5 Å². The van der Waals surface area contributed by atoms with Gasteiger partial charge in [-0.3, -0.25) is 4.99 Å². The maximum absolute atomic E-state index is 4.92. The van der Waals surface area contributed by atoms with Crippen LogP contribution in [0.4, 0.5) is 0 Å². The zero-order valence-electron chi connectivity index (χ0n) is 5.66. The molecule has 0 aromatic carbocycles. The minimum atomic E-state index is 0.0497. The first-order chi connectivity index (χ1) is 4.33. The summed E-state index contributed by atoms with van der Waals surface area (Å²) in [6.45, 7) is 1.93. The van der Waals surface area contributed by atoms with E-state index in [9.17, 15) is 0 Å². The fourth-order valence-electron chi connectivity index (χ4n) is 0.714. The van der Waals surface area contributed by atoms with Crippen LogP contribution in [0.2, 0.25) is 0 Å². The maximum atomic E-state index is 4.92. The Morgan fingerprint density at radius 3 is 3.00 bits per heavy atom. The Kier molecular flexibility index (Phi) is 1.82. The van der Waals surface area contributed by atoms with E-state index in [4.69, 9.17) is 4.74 Å².